The SMILES string of the molecule is O=S(=O)(/C=C/c1ccccc1)NCCc1ccc(OC(F)F)cc1. The van der Waals surface area contributed by atoms with Crippen LogP contribution >= 0.6 is 0 Å². The molecule has 0 spiro atoms. The van der Waals surface area contributed by atoms with Crippen LogP contribution in [0.3, 0.4) is 0 Å². The van der Waals surface area contributed by atoms with Crippen molar-refractivity contribution in [1.29, 1.82) is 0 Å². The Bertz CT molecular complexity index is 760. The van der Waals surface area contributed by atoms with Gasteiger partial charge in [-0.15, -0.1) is 0 Å². The second-order valence-corrected chi connectivity index (χ2v) is 6.58. The molecule has 0 aliphatic rings. The molecule has 128 valence electrons. The van der Waals surface area contributed by atoms with Gasteiger partial charge in [0.25, 0.3) is 0 Å². The maximum Gasteiger partial charge on any atom is 0.387 e. The normalized spacial score (nSPS) is 12.0. The van der Waals surface area contributed by atoms with E-state index in [1.807, 2.05) is 18.2 Å². The summed E-state index contributed by atoms with van der Waals surface area (Å²) in [5.74, 6) is 0.0696. The Labute approximate surface area is 139 Å². The number of hydrogen-bond donors (Lipinski definition) is 1. The Morgan fingerprint density at radius 3 is 2.33 bits per heavy atom. The second-order valence-electron chi connectivity index (χ2n) is 4.93. The number of sulfonamides is 1. The Morgan fingerprint density at radius 2 is 1.71 bits per heavy atom. The van der Waals surface area contributed by atoms with E-state index < -0.39 is 16.6 Å². The first-order valence-corrected chi connectivity index (χ1v) is 8.76. The molecule has 1 N–H and O–H groups in total. The smallest absolute Gasteiger partial charge is 0.387 e. The Morgan fingerprint density at radius 1 is 1.04 bits per heavy atom. The standard InChI is InChI=1S/C17H17F2NO3S/c18-17(19)23-16-8-6-15(7-9-16)10-12-20-24(21,22)13-11-14-4-2-1-3-5-14/h1-9,11,13,17,20H,10,12H2/b13-11+. The van der Waals surface area contributed by atoms with E-state index in [0.717, 1.165) is 16.5 Å². The van der Waals surface area contributed by atoms with E-state index in [0.29, 0.717) is 6.42 Å². The fourth-order valence-corrected chi connectivity index (χ4v) is 2.77. The van der Waals surface area contributed by atoms with Crippen molar-refractivity contribution in [3.63, 3.8) is 0 Å². The average Bonchev–Trinajstić information content (AvgIpc) is 2.55. The molecule has 4 nitrogen and oxygen atoms in total. The van der Waals surface area contributed by atoms with Crippen LogP contribution in [-0.2, 0) is 16.4 Å². The molecule has 0 aliphatic carbocycles. The molecule has 0 heterocycles. The molecule has 0 saturated carbocycles. The van der Waals surface area contributed by atoms with E-state index >= 15 is 0 Å². The van der Waals surface area contributed by atoms with Crippen LogP contribution in [0.4, 0.5) is 8.78 Å². The van der Waals surface area contributed by atoms with E-state index in [9.17, 15) is 17.2 Å². The van der Waals surface area contributed by atoms with Gasteiger partial charge in [-0.1, -0.05) is 42.5 Å². The van der Waals surface area contributed by atoms with Crippen LogP contribution in [0.5, 0.6) is 5.75 Å². The minimum atomic E-state index is -3.53. The zero-order valence-corrected chi connectivity index (χ0v) is 13.5. The molecule has 7 heteroatoms. The summed E-state index contributed by atoms with van der Waals surface area (Å²) in [6.45, 7) is -2.66. The summed E-state index contributed by atoms with van der Waals surface area (Å²) in [6.07, 6.45) is 1.95. The fourth-order valence-electron chi connectivity index (χ4n) is 1.96. The molecule has 0 fully saturated rings. The minimum Gasteiger partial charge on any atom is -0.435 e. The molecule has 2 rings (SSSR count). The summed E-state index contributed by atoms with van der Waals surface area (Å²) in [6, 6.07) is 15.2. The predicted octanol–water partition coefficient (Wildman–Crippen LogP) is 3.42. The highest BCUT2D eigenvalue weighted by atomic mass is 32.2. The molecule has 2 aromatic rings. The highest BCUT2D eigenvalue weighted by molar-refractivity contribution is 7.92. The molecule has 0 aliphatic heterocycles. The molecule has 2 aromatic carbocycles. The van der Waals surface area contributed by atoms with Crippen LogP contribution < -0.4 is 9.46 Å². The molecule has 0 atom stereocenters. The van der Waals surface area contributed by atoms with Gasteiger partial charge in [-0.3, -0.25) is 0 Å². The molecule has 0 radical (unpaired) electrons. The molecule has 0 amide bonds. The van der Waals surface area contributed by atoms with Crippen molar-refractivity contribution in [2.75, 3.05) is 6.54 Å². The van der Waals surface area contributed by atoms with E-state index in [2.05, 4.69) is 9.46 Å². The third-order valence-electron chi connectivity index (χ3n) is 3.10. The third kappa shape index (κ3) is 6.47. The van der Waals surface area contributed by atoms with Crippen LogP contribution in [0.25, 0.3) is 6.08 Å². The lowest BCUT2D eigenvalue weighted by molar-refractivity contribution is -0.0498. The lowest BCUT2D eigenvalue weighted by atomic mass is 10.1. The maximum atomic E-state index is 12.0. The van der Waals surface area contributed by atoms with Gasteiger partial charge >= 0.3 is 6.61 Å². The fraction of sp³-hybridized carbons (Fsp3) is 0.176. The molecule has 0 saturated heterocycles. The number of ether oxygens (including phenoxy) is 1. The van der Waals surface area contributed by atoms with E-state index in [-0.39, 0.29) is 12.3 Å². The number of hydrogen-bond acceptors (Lipinski definition) is 3. The van der Waals surface area contributed by atoms with Crippen LogP contribution in [0.15, 0.2) is 60.0 Å². The molecule has 0 aromatic heterocycles. The number of nitrogens with one attached hydrogen (secondary N) is 1. The molecular weight excluding hydrogens is 336 g/mol. The van der Waals surface area contributed by atoms with Gasteiger partial charge in [-0.2, -0.15) is 8.78 Å². The molecule has 0 unspecified atom stereocenters. The summed E-state index contributed by atoms with van der Waals surface area (Å²) in [5.41, 5.74) is 1.60. The molecule has 0 bridgehead atoms. The van der Waals surface area contributed by atoms with Gasteiger partial charge in [0, 0.05) is 12.0 Å². The number of halogens is 2. The van der Waals surface area contributed by atoms with Gasteiger partial charge < -0.3 is 4.74 Å². The van der Waals surface area contributed by atoms with Crippen molar-refractivity contribution in [2.45, 2.75) is 13.0 Å². The first-order valence-electron chi connectivity index (χ1n) is 7.21. The van der Waals surface area contributed by atoms with Crippen molar-refractivity contribution in [2.24, 2.45) is 0 Å². The predicted molar refractivity (Wildman–Crippen MR) is 89.2 cm³/mol. The summed E-state index contributed by atoms with van der Waals surface area (Å²) in [4.78, 5) is 0. The quantitative estimate of drug-likeness (QED) is 0.791. The van der Waals surface area contributed by atoms with E-state index in [4.69, 9.17) is 0 Å². The van der Waals surface area contributed by atoms with Crippen LogP contribution in [-0.4, -0.2) is 21.6 Å². The minimum absolute atomic E-state index is 0.0696. The molecule has 24 heavy (non-hydrogen) atoms. The Balaban J connectivity index is 1.83. The molecular formula is C17H17F2NO3S. The van der Waals surface area contributed by atoms with Gasteiger partial charge in [0.05, 0.1) is 0 Å². The van der Waals surface area contributed by atoms with Gasteiger partial charge in [0.1, 0.15) is 5.75 Å². The van der Waals surface area contributed by atoms with Gasteiger partial charge in [-0.05, 0) is 35.8 Å². The second kappa shape index (κ2) is 8.56. The van der Waals surface area contributed by atoms with Crippen molar-refractivity contribution in [1.82, 2.24) is 4.72 Å². The number of alkyl halides is 2. The summed E-state index contributed by atoms with van der Waals surface area (Å²) < 4.78 is 54.5. The first-order chi connectivity index (χ1) is 11.4. The topological polar surface area (TPSA) is 55.4 Å². The van der Waals surface area contributed by atoms with Crippen molar-refractivity contribution < 1.29 is 21.9 Å². The monoisotopic (exact) mass is 353 g/mol. The van der Waals surface area contributed by atoms with E-state index in [1.54, 1.807) is 24.3 Å². The van der Waals surface area contributed by atoms with Crippen molar-refractivity contribution >= 4 is 16.1 Å². The lowest BCUT2D eigenvalue weighted by Gasteiger charge is -2.06. The first kappa shape index (κ1) is 18.1. The Hall–Kier alpha value is -2.25. The van der Waals surface area contributed by atoms with Crippen LogP contribution in [0.2, 0.25) is 0 Å². The Kier molecular flexibility index (Phi) is 6.45. The highest BCUT2D eigenvalue weighted by Gasteiger charge is 2.06. The van der Waals surface area contributed by atoms with Gasteiger partial charge in [0.2, 0.25) is 10.0 Å². The third-order valence-corrected chi connectivity index (χ3v) is 4.21. The van der Waals surface area contributed by atoms with Crippen molar-refractivity contribution in [3.05, 3.63) is 71.1 Å². The highest BCUT2D eigenvalue weighted by Crippen LogP contribution is 2.15. The zero-order valence-electron chi connectivity index (χ0n) is 12.7. The van der Waals surface area contributed by atoms with Crippen LogP contribution in [0.1, 0.15) is 11.1 Å². The summed E-state index contributed by atoms with van der Waals surface area (Å²) in [5, 5.41) is 1.11. The maximum absolute atomic E-state index is 12.0. The van der Waals surface area contributed by atoms with E-state index in [1.165, 1.54) is 18.2 Å². The number of benzene rings is 2. The van der Waals surface area contributed by atoms with Gasteiger partial charge in [0.15, 0.2) is 0 Å². The average molecular weight is 353 g/mol. The van der Waals surface area contributed by atoms with Crippen molar-refractivity contribution in [3.8, 4) is 5.75 Å². The summed E-state index contributed by atoms with van der Waals surface area (Å²) >= 11 is 0. The lowest BCUT2D eigenvalue weighted by Crippen LogP contribution is -2.23. The number of rotatable bonds is 8. The van der Waals surface area contributed by atoms with Crippen LogP contribution in [0, 0.1) is 0 Å². The summed E-state index contributed by atoms with van der Waals surface area (Å²) in [7, 11) is -3.53. The van der Waals surface area contributed by atoms with Gasteiger partial charge in [-0.25, -0.2) is 13.1 Å². The largest absolute Gasteiger partial charge is 0.435 e. The zero-order chi connectivity index (χ0) is 17.4.